The second-order valence-electron chi connectivity index (χ2n) is 7.42. The van der Waals surface area contributed by atoms with Gasteiger partial charge in [0.25, 0.3) is 10.0 Å². The molecule has 1 aromatic heterocycles. The normalized spacial score (nSPS) is 12.4. The number of rotatable bonds is 6. The van der Waals surface area contributed by atoms with Crippen molar-refractivity contribution in [3.05, 3.63) is 40.6 Å². The molecule has 0 atom stereocenters. The van der Waals surface area contributed by atoms with Crippen LogP contribution in [0, 0.1) is 6.92 Å². The lowest BCUT2D eigenvalue weighted by atomic mass is 9.89. The molecule has 6 heteroatoms. The van der Waals surface area contributed by atoms with Crippen molar-refractivity contribution in [1.82, 2.24) is 5.16 Å². The van der Waals surface area contributed by atoms with E-state index in [1.165, 1.54) is 0 Å². The molecular formula is C19H28N2O3S. The van der Waals surface area contributed by atoms with Crippen LogP contribution in [0.2, 0.25) is 0 Å². The third-order valence-corrected chi connectivity index (χ3v) is 5.70. The topological polar surface area (TPSA) is 72.2 Å². The molecule has 1 N–H and O–H groups in total. The van der Waals surface area contributed by atoms with E-state index in [4.69, 9.17) is 4.52 Å². The van der Waals surface area contributed by atoms with E-state index in [1.54, 1.807) is 13.0 Å². The zero-order valence-corrected chi connectivity index (χ0v) is 16.9. The lowest BCUT2D eigenvalue weighted by Crippen LogP contribution is -2.19. The maximum atomic E-state index is 13.1. The molecule has 0 saturated heterocycles. The Morgan fingerprint density at radius 2 is 1.44 bits per heavy atom. The van der Waals surface area contributed by atoms with Gasteiger partial charge in [0.1, 0.15) is 5.76 Å². The SMILES string of the molecule is Cc1cc(NS(=O)(=O)c2c(C(C)C)cc(C(C)C)cc2C(C)C)no1. The number of aryl methyl sites for hydroxylation is 1. The molecule has 0 aliphatic rings. The van der Waals surface area contributed by atoms with E-state index >= 15 is 0 Å². The number of hydrogen-bond donors (Lipinski definition) is 1. The van der Waals surface area contributed by atoms with E-state index in [9.17, 15) is 8.42 Å². The highest BCUT2D eigenvalue weighted by Crippen LogP contribution is 2.35. The molecule has 0 bridgehead atoms. The van der Waals surface area contributed by atoms with Crippen LogP contribution >= 0.6 is 0 Å². The minimum atomic E-state index is -3.77. The molecule has 5 nitrogen and oxygen atoms in total. The van der Waals surface area contributed by atoms with Crippen LogP contribution in [-0.2, 0) is 10.0 Å². The quantitative estimate of drug-likeness (QED) is 0.769. The first-order chi connectivity index (χ1) is 11.5. The summed E-state index contributed by atoms with van der Waals surface area (Å²) in [5.41, 5.74) is 2.83. The van der Waals surface area contributed by atoms with Gasteiger partial charge in [-0.2, -0.15) is 0 Å². The Hall–Kier alpha value is -1.82. The number of aromatic nitrogens is 1. The maximum absolute atomic E-state index is 13.1. The van der Waals surface area contributed by atoms with Crippen LogP contribution in [0.1, 0.15) is 81.7 Å². The van der Waals surface area contributed by atoms with E-state index < -0.39 is 10.0 Å². The van der Waals surface area contributed by atoms with Crippen molar-refractivity contribution in [3.63, 3.8) is 0 Å². The van der Waals surface area contributed by atoms with Crippen molar-refractivity contribution >= 4 is 15.8 Å². The Bertz CT molecular complexity index is 820. The van der Waals surface area contributed by atoms with Gasteiger partial charge in [-0.3, -0.25) is 4.72 Å². The number of sulfonamides is 1. The second kappa shape index (κ2) is 7.20. The van der Waals surface area contributed by atoms with Crippen molar-refractivity contribution < 1.29 is 12.9 Å². The van der Waals surface area contributed by atoms with Gasteiger partial charge in [0.15, 0.2) is 5.82 Å². The zero-order chi connectivity index (χ0) is 18.9. The average Bonchev–Trinajstić information content (AvgIpc) is 2.89. The van der Waals surface area contributed by atoms with Gasteiger partial charge in [0.2, 0.25) is 0 Å². The minimum Gasteiger partial charge on any atom is -0.360 e. The summed E-state index contributed by atoms with van der Waals surface area (Å²) in [4.78, 5) is 0.363. The molecule has 25 heavy (non-hydrogen) atoms. The number of benzene rings is 1. The van der Waals surface area contributed by atoms with Gasteiger partial charge < -0.3 is 4.52 Å². The standard InChI is InChI=1S/C19H28N2O3S/c1-11(2)15-9-16(12(3)4)19(17(10-15)13(5)6)25(22,23)21-18-8-14(7)24-20-18/h8-13H,1-7H3,(H,20,21). The van der Waals surface area contributed by atoms with Gasteiger partial charge in [0, 0.05) is 6.07 Å². The molecule has 0 saturated carbocycles. The molecule has 1 aromatic carbocycles. The Kier molecular flexibility index (Phi) is 5.62. The van der Waals surface area contributed by atoms with Crippen LogP contribution in [0.4, 0.5) is 5.82 Å². The van der Waals surface area contributed by atoms with E-state index in [2.05, 4.69) is 23.7 Å². The van der Waals surface area contributed by atoms with Crippen molar-refractivity contribution in [2.24, 2.45) is 0 Å². The zero-order valence-electron chi connectivity index (χ0n) is 16.0. The van der Waals surface area contributed by atoms with E-state index in [-0.39, 0.29) is 17.7 Å². The fraction of sp³-hybridized carbons (Fsp3) is 0.526. The monoisotopic (exact) mass is 364 g/mol. The van der Waals surface area contributed by atoms with Crippen molar-refractivity contribution in [2.45, 2.75) is 71.1 Å². The van der Waals surface area contributed by atoms with E-state index in [0.29, 0.717) is 16.6 Å². The first-order valence-corrected chi connectivity index (χ1v) is 10.1. The van der Waals surface area contributed by atoms with Crippen LogP contribution < -0.4 is 4.72 Å². The summed E-state index contributed by atoms with van der Waals surface area (Å²) >= 11 is 0. The Labute approximate surface area is 150 Å². The first-order valence-electron chi connectivity index (χ1n) is 8.66. The lowest BCUT2D eigenvalue weighted by Gasteiger charge is -2.22. The summed E-state index contributed by atoms with van der Waals surface area (Å²) in [5, 5.41) is 3.76. The van der Waals surface area contributed by atoms with E-state index in [0.717, 1.165) is 16.7 Å². The molecule has 0 spiro atoms. The van der Waals surface area contributed by atoms with Gasteiger partial charge in [-0.25, -0.2) is 8.42 Å². The highest BCUT2D eigenvalue weighted by molar-refractivity contribution is 7.92. The number of nitrogens with zero attached hydrogens (tertiary/aromatic N) is 1. The van der Waals surface area contributed by atoms with Gasteiger partial charge in [-0.1, -0.05) is 58.8 Å². The largest absolute Gasteiger partial charge is 0.360 e. The van der Waals surface area contributed by atoms with Gasteiger partial charge >= 0.3 is 0 Å². The smallest absolute Gasteiger partial charge is 0.263 e. The van der Waals surface area contributed by atoms with Crippen LogP contribution in [-0.4, -0.2) is 13.6 Å². The molecule has 0 aliphatic heterocycles. The molecule has 0 unspecified atom stereocenters. The third kappa shape index (κ3) is 4.24. The first kappa shape index (κ1) is 19.5. The Morgan fingerprint density at radius 1 is 0.920 bits per heavy atom. The summed E-state index contributed by atoms with van der Waals surface area (Å²) in [6, 6.07) is 5.61. The van der Waals surface area contributed by atoms with Crippen molar-refractivity contribution in [2.75, 3.05) is 4.72 Å². The third-order valence-electron chi connectivity index (χ3n) is 4.22. The molecule has 1 heterocycles. The predicted octanol–water partition coefficient (Wildman–Crippen LogP) is 5.15. The summed E-state index contributed by atoms with van der Waals surface area (Å²) in [5.74, 6) is 1.26. The summed E-state index contributed by atoms with van der Waals surface area (Å²) in [7, 11) is -3.77. The Balaban J connectivity index is 2.68. The molecule has 0 aliphatic carbocycles. The molecule has 0 radical (unpaired) electrons. The maximum Gasteiger partial charge on any atom is 0.263 e. The summed E-state index contributed by atoms with van der Waals surface area (Å²) < 4.78 is 33.8. The van der Waals surface area contributed by atoms with Gasteiger partial charge in [0.05, 0.1) is 4.90 Å². The molecule has 0 amide bonds. The van der Waals surface area contributed by atoms with Crippen LogP contribution in [0.15, 0.2) is 27.6 Å². The molecule has 0 fully saturated rings. The fourth-order valence-corrected chi connectivity index (χ4v) is 4.49. The number of anilines is 1. The highest BCUT2D eigenvalue weighted by atomic mass is 32.2. The molecule has 2 aromatic rings. The molecule has 2 rings (SSSR count). The Morgan fingerprint density at radius 3 is 1.80 bits per heavy atom. The van der Waals surface area contributed by atoms with Crippen LogP contribution in [0.25, 0.3) is 0 Å². The summed E-state index contributed by atoms with van der Waals surface area (Å²) in [6.07, 6.45) is 0. The summed E-state index contributed by atoms with van der Waals surface area (Å²) in [6.45, 7) is 14.0. The molecular weight excluding hydrogens is 336 g/mol. The van der Waals surface area contributed by atoms with Crippen LogP contribution in [0.3, 0.4) is 0 Å². The van der Waals surface area contributed by atoms with Crippen molar-refractivity contribution in [1.29, 1.82) is 0 Å². The molecule has 138 valence electrons. The van der Waals surface area contributed by atoms with E-state index in [1.807, 2.05) is 39.8 Å². The number of hydrogen-bond acceptors (Lipinski definition) is 4. The van der Waals surface area contributed by atoms with Gasteiger partial charge in [-0.05, 0) is 41.4 Å². The predicted molar refractivity (Wildman–Crippen MR) is 101 cm³/mol. The highest BCUT2D eigenvalue weighted by Gasteiger charge is 2.27. The lowest BCUT2D eigenvalue weighted by molar-refractivity contribution is 0.400. The van der Waals surface area contributed by atoms with Crippen LogP contribution in [0.5, 0.6) is 0 Å². The average molecular weight is 365 g/mol. The second-order valence-corrected chi connectivity index (χ2v) is 9.04. The van der Waals surface area contributed by atoms with Crippen molar-refractivity contribution in [3.8, 4) is 0 Å². The van der Waals surface area contributed by atoms with Gasteiger partial charge in [-0.15, -0.1) is 0 Å². The number of nitrogens with one attached hydrogen (secondary N) is 1. The minimum absolute atomic E-state index is 0.0850. The fourth-order valence-electron chi connectivity index (χ4n) is 2.80.